The number of carboxylic acids is 1. The molecule has 112 valence electrons. The van der Waals surface area contributed by atoms with Crippen LogP contribution in [-0.2, 0) is 4.79 Å². The van der Waals surface area contributed by atoms with E-state index in [1.54, 1.807) is 0 Å². The number of hydrogen-bond donors (Lipinski definition) is 3. The van der Waals surface area contributed by atoms with Gasteiger partial charge >= 0.3 is 12.0 Å². The number of urea groups is 1. The second-order valence-corrected chi connectivity index (χ2v) is 5.47. The Hall–Kier alpha value is -1.26. The zero-order valence-corrected chi connectivity index (χ0v) is 12.6. The first-order valence-electron chi connectivity index (χ1n) is 7.10. The largest absolute Gasteiger partial charge is 0.481 e. The second kappa shape index (κ2) is 8.77. The molecule has 0 spiro atoms. The Morgan fingerprint density at radius 3 is 2.26 bits per heavy atom. The summed E-state index contributed by atoms with van der Waals surface area (Å²) in [5, 5.41) is 14.4. The normalized spacial score (nSPS) is 12.8. The molecule has 0 aromatic carbocycles. The number of hydrogen-bond acceptors (Lipinski definition) is 2. The molecular weight excluding hydrogens is 244 g/mol. The van der Waals surface area contributed by atoms with Crippen LogP contribution in [0, 0.1) is 5.92 Å². The zero-order chi connectivity index (χ0) is 14.9. The van der Waals surface area contributed by atoms with Crippen LogP contribution in [0.25, 0.3) is 0 Å². The third-order valence-electron chi connectivity index (χ3n) is 3.75. The summed E-state index contributed by atoms with van der Waals surface area (Å²) < 4.78 is 0. The Bertz CT molecular complexity index is 288. The maximum absolute atomic E-state index is 11.7. The average Bonchev–Trinajstić information content (AvgIpc) is 2.36. The highest BCUT2D eigenvalue weighted by molar-refractivity contribution is 5.74. The molecule has 2 amide bonds. The molecule has 0 fully saturated rings. The van der Waals surface area contributed by atoms with Crippen molar-refractivity contribution in [3.8, 4) is 0 Å². The molecular formula is C14H28N2O3. The SMILES string of the molecule is CCC(C)(CC)NC(=O)NCCC(C)CCC(=O)O. The van der Waals surface area contributed by atoms with Gasteiger partial charge in [-0.25, -0.2) is 4.79 Å². The fraction of sp³-hybridized carbons (Fsp3) is 0.857. The van der Waals surface area contributed by atoms with Gasteiger partial charge in [0.2, 0.25) is 0 Å². The minimum Gasteiger partial charge on any atom is -0.481 e. The van der Waals surface area contributed by atoms with Crippen molar-refractivity contribution in [3.63, 3.8) is 0 Å². The van der Waals surface area contributed by atoms with Crippen molar-refractivity contribution >= 4 is 12.0 Å². The Labute approximate surface area is 116 Å². The first-order valence-corrected chi connectivity index (χ1v) is 7.10. The summed E-state index contributed by atoms with van der Waals surface area (Å²) in [5.41, 5.74) is -0.154. The third kappa shape index (κ3) is 8.46. The molecule has 0 radical (unpaired) electrons. The maximum atomic E-state index is 11.7. The molecule has 0 saturated heterocycles. The van der Waals surface area contributed by atoms with Crippen LogP contribution in [0.3, 0.4) is 0 Å². The lowest BCUT2D eigenvalue weighted by Gasteiger charge is -2.28. The van der Waals surface area contributed by atoms with Crippen LogP contribution in [0.1, 0.15) is 59.8 Å². The number of carbonyl (C=O) groups excluding carboxylic acids is 1. The van der Waals surface area contributed by atoms with Gasteiger partial charge in [-0.15, -0.1) is 0 Å². The van der Waals surface area contributed by atoms with Crippen LogP contribution in [0.15, 0.2) is 0 Å². The van der Waals surface area contributed by atoms with E-state index in [2.05, 4.69) is 24.5 Å². The fourth-order valence-corrected chi connectivity index (χ4v) is 1.69. The zero-order valence-electron chi connectivity index (χ0n) is 12.6. The predicted octanol–water partition coefficient (Wildman–Crippen LogP) is 2.76. The van der Waals surface area contributed by atoms with E-state index in [-0.39, 0.29) is 18.0 Å². The number of nitrogens with one attached hydrogen (secondary N) is 2. The maximum Gasteiger partial charge on any atom is 0.315 e. The topological polar surface area (TPSA) is 78.4 Å². The van der Waals surface area contributed by atoms with Gasteiger partial charge in [-0.05, 0) is 38.5 Å². The van der Waals surface area contributed by atoms with Gasteiger partial charge in [0.1, 0.15) is 0 Å². The lowest BCUT2D eigenvalue weighted by atomic mass is 9.96. The highest BCUT2D eigenvalue weighted by Crippen LogP contribution is 2.13. The molecule has 0 aliphatic carbocycles. The summed E-state index contributed by atoms with van der Waals surface area (Å²) in [7, 11) is 0. The molecule has 1 unspecified atom stereocenters. The molecule has 0 aromatic heterocycles. The van der Waals surface area contributed by atoms with E-state index in [1.165, 1.54) is 0 Å². The standard InChI is InChI=1S/C14H28N2O3/c1-5-14(4,6-2)16-13(19)15-10-9-11(3)7-8-12(17)18/h11H,5-10H2,1-4H3,(H,17,18)(H2,15,16,19). The molecule has 0 aromatic rings. The fourth-order valence-electron chi connectivity index (χ4n) is 1.69. The van der Waals surface area contributed by atoms with Crippen LogP contribution >= 0.6 is 0 Å². The summed E-state index contributed by atoms with van der Waals surface area (Å²) in [6, 6.07) is -0.142. The van der Waals surface area contributed by atoms with E-state index >= 15 is 0 Å². The van der Waals surface area contributed by atoms with E-state index < -0.39 is 5.97 Å². The predicted molar refractivity (Wildman–Crippen MR) is 76.2 cm³/mol. The van der Waals surface area contributed by atoms with E-state index in [9.17, 15) is 9.59 Å². The summed E-state index contributed by atoms with van der Waals surface area (Å²) in [6.07, 6.45) is 3.44. The average molecular weight is 272 g/mol. The lowest BCUT2D eigenvalue weighted by Crippen LogP contribution is -2.49. The Morgan fingerprint density at radius 2 is 1.79 bits per heavy atom. The summed E-state index contributed by atoms with van der Waals surface area (Å²) in [6.45, 7) is 8.72. The molecule has 3 N–H and O–H groups in total. The van der Waals surface area contributed by atoms with Crippen molar-refractivity contribution in [3.05, 3.63) is 0 Å². The van der Waals surface area contributed by atoms with Gasteiger partial charge in [-0.1, -0.05) is 20.8 Å². The number of carbonyl (C=O) groups is 2. The number of rotatable bonds is 9. The molecule has 0 heterocycles. The van der Waals surface area contributed by atoms with Crippen LogP contribution in [0.4, 0.5) is 4.79 Å². The smallest absolute Gasteiger partial charge is 0.315 e. The molecule has 0 saturated carbocycles. The first kappa shape index (κ1) is 17.7. The van der Waals surface area contributed by atoms with Crippen molar-refractivity contribution in [1.29, 1.82) is 0 Å². The Balaban J connectivity index is 3.82. The molecule has 1 atom stereocenters. The minimum absolute atomic E-state index is 0.142. The Kier molecular flexibility index (Phi) is 8.19. The summed E-state index contributed by atoms with van der Waals surface area (Å²) in [4.78, 5) is 22.1. The molecule has 0 aliphatic heterocycles. The molecule has 0 aliphatic rings. The second-order valence-electron chi connectivity index (χ2n) is 5.47. The lowest BCUT2D eigenvalue weighted by molar-refractivity contribution is -0.137. The van der Waals surface area contributed by atoms with E-state index in [0.29, 0.717) is 18.9 Å². The van der Waals surface area contributed by atoms with Gasteiger partial charge in [0.25, 0.3) is 0 Å². The molecule has 5 heteroatoms. The molecule has 19 heavy (non-hydrogen) atoms. The molecule has 0 rings (SSSR count). The Morgan fingerprint density at radius 1 is 1.21 bits per heavy atom. The van der Waals surface area contributed by atoms with Crippen LogP contribution in [0.5, 0.6) is 0 Å². The van der Waals surface area contributed by atoms with Crippen LogP contribution in [0.2, 0.25) is 0 Å². The first-order chi connectivity index (χ1) is 8.83. The number of carboxylic acid groups (broad SMARTS) is 1. The van der Waals surface area contributed by atoms with Crippen LogP contribution < -0.4 is 10.6 Å². The van der Waals surface area contributed by atoms with Gasteiger partial charge in [0.15, 0.2) is 0 Å². The number of amides is 2. The van der Waals surface area contributed by atoms with Gasteiger partial charge in [-0.3, -0.25) is 4.79 Å². The van der Waals surface area contributed by atoms with Crippen molar-refractivity contribution in [2.24, 2.45) is 5.92 Å². The molecule has 0 bridgehead atoms. The van der Waals surface area contributed by atoms with Crippen molar-refractivity contribution < 1.29 is 14.7 Å². The minimum atomic E-state index is -0.765. The van der Waals surface area contributed by atoms with Gasteiger partial charge in [0, 0.05) is 18.5 Å². The number of aliphatic carboxylic acids is 1. The third-order valence-corrected chi connectivity index (χ3v) is 3.75. The highest BCUT2D eigenvalue weighted by atomic mass is 16.4. The van der Waals surface area contributed by atoms with Gasteiger partial charge in [-0.2, -0.15) is 0 Å². The van der Waals surface area contributed by atoms with Gasteiger partial charge in [0.05, 0.1) is 0 Å². The monoisotopic (exact) mass is 272 g/mol. The van der Waals surface area contributed by atoms with Crippen molar-refractivity contribution in [2.45, 2.75) is 65.3 Å². The van der Waals surface area contributed by atoms with Crippen LogP contribution in [-0.4, -0.2) is 29.2 Å². The highest BCUT2D eigenvalue weighted by Gasteiger charge is 2.21. The van der Waals surface area contributed by atoms with E-state index in [0.717, 1.165) is 19.3 Å². The quantitative estimate of drug-likeness (QED) is 0.604. The van der Waals surface area contributed by atoms with E-state index in [1.807, 2.05) is 13.8 Å². The molecule has 5 nitrogen and oxygen atoms in total. The van der Waals surface area contributed by atoms with Crippen molar-refractivity contribution in [2.75, 3.05) is 6.54 Å². The summed E-state index contributed by atoms with van der Waals surface area (Å²) in [5.74, 6) is -0.459. The van der Waals surface area contributed by atoms with E-state index in [4.69, 9.17) is 5.11 Å². The van der Waals surface area contributed by atoms with Gasteiger partial charge < -0.3 is 15.7 Å². The summed E-state index contributed by atoms with van der Waals surface area (Å²) >= 11 is 0. The van der Waals surface area contributed by atoms with Crippen molar-refractivity contribution in [1.82, 2.24) is 10.6 Å².